The van der Waals surface area contributed by atoms with Gasteiger partial charge in [0.15, 0.2) is 0 Å². The van der Waals surface area contributed by atoms with Gasteiger partial charge in [0.1, 0.15) is 11.4 Å². The molecule has 1 saturated heterocycles. The van der Waals surface area contributed by atoms with Crippen molar-refractivity contribution in [2.75, 3.05) is 26.7 Å². The van der Waals surface area contributed by atoms with Crippen LogP contribution in [0.15, 0.2) is 24.3 Å². The van der Waals surface area contributed by atoms with E-state index in [1.807, 2.05) is 12.1 Å². The lowest BCUT2D eigenvalue weighted by molar-refractivity contribution is -0.0964. The summed E-state index contributed by atoms with van der Waals surface area (Å²) in [4.78, 5) is 2.24. The minimum Gasteiger partial charge on any atom is -0.508 e. The van der Waals surface area contributed by atoms with Gasteiger partial charge in [0.25, 0.3) is 0 Å². The molecule has 0 spiro atoms. The van der Waals surface area contributed by atoms with Gasteiger partial charge in [-0.15, -0.1) is 0 Å². The van der Waals surface area contributed by atoms with E-state index in [9.17, 15) is 5.11 Å². The Hall–Kier alpha value is -1.06. The second-order valence-corrected chi connectivity index (χ2v) is 4.37. The van der Waals surface area contributed by atoms with E-state index in [0.29, 0.717) is 5.75 Å². The Labute approximate surface area is 90.3 Å². The molecule has 1 aromatic rings. The van der Waals surface area contributed by atoms with Gasteiger partial charge in [-0.2, -0.15) is 0 Å². The molecule has 1 N–H and O–H groups in total. The predicted molar refractivity (Wildman–Crippen MR) is 58.9 cm³/mol. The maximum atomic E-state index is 9.45. The van der Waals surface area contributed by atoms with Crippen molar-refractivity contribution in [2.24, 2.45) is 0 Å². The van der Waals surface area contributed by atoms with Crippen LogP contribution in [0.25, 0.3) is 0 Å². The van der Waals surface area contributed by atoms with Gasteiger partial charge >= 0.3 is 0 Å². The third-order valence-electron chi connectivity index (χ3n) is 2.92. The number of morpholine rings is 1. The van der Waals surface area contributed by atoms with E-state index in [0.717, 1.165) is 25.3 Å². The second-order valence-electron chi connectivity index (χ2n) is 4.37. The number of phenols is 1. The Balaban J connectivity index is 2.28. The standard InChI is InChI=1S/C12H17NO2/c1-12(9-13(2)6-7-15-12)10-4-3-5-11(14)8-10/h3-5,8,14H,6-7,9H2,1-2H3. The Morgan fingerprint density at radius 1 is 1.47 bits per heavy atom. The van der Waals surface area contributed by atoms with Crippen LogP contribution in [0.1, 0.15) is 12.5 Å². The highest BCUT2D eigenvalue weighted by atomic mass is 16.5. The van der Waals surface area contributed by atoms with Crippen LogP contribution in [0.2, 0.25) is 0 Å². The van der Waals surface area contributed by atoms with Gasteiger partial charge in [-0.05, 0) is 31.7 Å². The summed E-state index contributed by atoms with van der Waals surface area (Å²) < 4.78 is 5.82. The summed E-state index contributed by atoms with van der Waals surface area (Å²) >= 11 is 0. The lowest BCUT2D eigenvalue weighted by atomic mass is 9.94. The molecule has 15 heavy (non-hydrogen) atoms. The summed E-state index contributed by atoms with van der Waals surface area (Å²) in [5.41, 5.74) is 0.736. The molecule has 82 valence electrons. The van der Waals surface area contributed by atoms with Crippen molar-refractivity contribution in [2.45, 2.75) is 12.5 Å². The molecule has 0 saturated carbocycles. The van der Waals surface area contributed by atoms with Crippen LogP contribution in [0.3, 0.4) is 0 Å². The highest BCUT2D eigenvalue weighted by Gasteiger charge is 2.32. The normalized spacial score (nSPS) is 27.9. The first kappa shape index (κ1) is 10.5. The number of rotatable bonds is 1. The number of ether oxygens (including phenoxy) is 1. The summed E-state index contributed by atoms with van der Waals surface area (Å²) in [6.07, 6.45) is 0. The second kappa shape index (κ2) is 3.83. The highest BCUT2D eigenvalue weighted by molar-refractivity contribution is 5.31. The van der Waals surface area contributed by atoms with E-state index in [1.165, 1.54) is 0 Å². The zero-order valence-corrected chi connectivity index (χ0v) is 9.23. The molecule has 2 rings (SSSR count). The third kappa shape index (κ3) is 2.13. The van der Waals surface area contributed by atoms with E-state index in [-0.39, 0.29) is 5.60 Å². The van der Waals surface area contributed by atoms with E-state index in [4.69, 9.17) is 4.74 Å². The van der Waals surface area contributed by atoms with Crippen molar-refractivity contribution in [3.8, 4) is 5.75 Å². The van der Waals surface area contributed by atoms with Crippen LogP contribution in [-0.4, -0.2) is 36.8 Å². The molecule has 0 radical (unpaired) electrons. The van der Waals surface area contributed by atoms with E-state index >= 15 is 0 Å². The highest BCUT2D eigenvalue weighted by Crippen LogP contribution is 2.30. The first-order valence-corrected chi connectivity index (χ1v) is 5.22. The smallest absolute Gasteiger partial charge is 0.115 e. The number of aromatic hydroxyl groups is 1. The molecule has 0 aliphatic carbocycles. The van der Waals surface area contributed by atoms with Crippen LogP contribution >= 0.6 is 0 Å². The summed E-state index contributed by atoms with van der Waals surface area (Å²) in [7, 11) is 2.09. The Morgan fingerprint density at radius 3 is 2.93 bits per heavy atom. The largest absolute Gasteiger partial charge is 0.508 e. The molecule has 1 heterocycles. The monoisotopic (exact) mass is 207 g/mol. The molecule has 1 aromatic carbocycles. The van der Waals surface area contributed by atoms with Crippen molar-refractivity contribution in [1.82, 2.24) is 4.90 Å². The molecule has 1 fully saturated rings. The van der Waals surface area contributed by atoms with E-state index in [2.05, 4.69) is 18.9 Å². The van der Waals surface area contributed by atoms with Crippen LogP contribution < -0.4 is 0 Å². The third-order valence-corrected chi connectivity index (χ3v) is 2.92. The Morgan fingerprint density at radius 2 is 2.27 bits per heavy atom. The number of likely N-dealkylation sites (N-methyl/N-ethyl adjacent to an activating group) is 1. The molecule has 1 unspecified atom stereocenters. The first-order chi connectivity index (χ1) is 7.10. The molecule has 0 amide bonds. The van der Waals surface area contributed by atoms with Crippen molar-refractivity contribution in [3.63, 3.8) is 0 Å². The fraction of sp³-hybridized carbons (Fsp3) is 0.500. The van der Waals surface area contributed by atoms with Gasteiger partial charge in [0.2, 0.25) is 0 Å². The SMILES string of the molecule is CN1CCOC(C)(c2cccc(O)c2)C1. The fourth-order valence-corrected chi connectivity index (χ4v) is 2.08. The van der Waals surface area contributed by atoms with Crippen molar-refractivity contribution in [1.29, 1.82) is 0 Å². The Kier molecular flexibility index (Phi) is 2.67. The Bertz CT molecular complexity index is 353. The maximum absolute atomic E-state index is 9.45. The van der Waals surface area contributed by atoms with Crippen LogP contribution in [0, 0.1) is 0 Å². The minimum atomic E-state index is -0.300. The molecule has 0 aromatic heterocycles. The zero-order chi connectivity index (χ0) is 10.9. The summed E-state index contributed by atoms with van der Waals surface area (Å²) in [6, 6.07) is 7.31. The van der Waals surface area contributed by atoms with Gasteiger partial charge < -0.3 is 14.7 Å². The maximum Gasteiger partial charge on any atom is 0.115 e. The quantitative estimate of drug-likeness (QED) is 0.758. The zero-order valence-electron chi connectivity index (χ0n) is 9.23. The lowest BCUT2D eigenvalue weighted by Crippen LogP contribution is -2.46. The van der Waals surface area contributed by atoms with E-state index in [1.54, 1.807) is 12.1 Å². The minimum absolute atomic E-state index is 0.297. The predicted octanol–water partition coefficient (Wildman–Crippen LogP) is 1.57. The number of nitrogens with zero attached hydrogens (tertiary/aromatic N) is 1. The molecule has 1 atom stereocenters. The van der Waals surface area contributed by atoms with Crippen molar-refractivity contribution in [3.05, 3.63) is 29.8 Å². The lowest BCUT2D eigenvalue weighted by Gasteiger charge is -2.39. The number of hydrogen-bond acceptors (Lipinski definition) is 3. The van der Waals surface area contributed by atoms with Crippen molar-refractivity contribution < 1.29 is 9.84 Å². The van der Waals surface area contributed by atoms with Crippen molar-refractivity contribution >= 4 is 0 Å². The van der Waals surface area contributed by atoms with Crippen LogP contribution in [0.5, 0.6) is 5.75 Å². The first-order valence-electron chi connectivity index (χ1n) is 5.22. The molecule has 3 nitrogen and oxygen atoms in total. The van der Waals surface area contributed by atoms with Gasteiger partial charge in [0.05, 0.1) is 6.61 Å². The van der Waals surface area contributed by atoms with Gasteiger partial charge in [0, 0.05) is 13.1 Å². The number of hydrogen-bond donors (Lipinski definition) is 1. The van der Waals surface area contributed by atoms with Gasteiger partial charge in [-0.3, -0.25) is 0 Å². The summed E-state index contributed by atoms with van der Waals surface area (Å²) in [6.45, 7) is 4.63. The molecule has 0 bridgehead atoms. The summed E-state index contributed by atoms with van der Waals surface area (Å²) in [5, 5.41) is 9.45. The average Bonchev–Trinajstić information content (AvgIpc) is 2.17. The molecule has 1 aliphatic rings. The van der Waals surface area contributed by atoms with Crippen LogP contribution in [0.4, 0.5) is 0 Å². The molecular weight excluding hydrogens is 190 g/mol. The number of benzene rings is 1. The summed E-state index contributed by atoms with van der Waals surface area (Å²) in [5.74, 6) is 0.297. The molecular formula is C12H17NO2. The fourth-order valence-electron chi connectivity index (χ4n) is 2.08. The van der Waals surface area contributed by atoms with Gasteiger partial charge in [-0.1, -0.05) is 12.1 Å². The van der Waals surface area contributed by atoms with Crippen LogP contribution in [-0.2, 0) is 10.3 Å². The molecule has 3 heteroatoms. The molecule has 1 aliphatic heterocycles. The number of phenolic OH excluding ortho intramolecular Hbond substituents is 1. The topological polar surface area (TPSA) is 32.7 Å². The van der Waals surface area contributed by atoms with Gasteiger partial charge in [-0.25, -0.2) is 0 Å². The van der Waals surface area contributed by atoms with E-state index < -0.39 is 0 Å². The average molecular weight is 207 g/mol.